The van der Waals surface area contributed by atoms with Gasteiger partial charge in [-0.1, -0.05) is 16.8 Å². The van der Waals surface area contributed by atoms with E-state index in [1.54, 1.807) is 19.1 Å². The predicted molar refractivity (Wildman–Crippen MR) is 74.0 cm³/mol. The third kappa shape index (κ3) is 1.77. The molecule has 2 aromatic heterocycles. The van der Waals surface area contributed by atoms with E-state index in [1.807, 2.05) is 6.92 Å². The number of H-pyrrole nitrogens is 1. The fourth-order valence-corrected chi connectivity index (χ4v) is 2.25. The SMILES string of the molecule is Cc1cc2c(O)c(-c3nonc3C)c(=O)[nH]c2cc1Cl. The van der Waals surface area contributed by atoms with Crippen molar-refractivity contribution in [3.8, 4) is 17.0 Å². The maximum absolute atomic E-state index is 12.1. The van der Waals surface area contributed by atoms with Gasteiger partial charge in [0.25, 0.3) is 5.56 Å². The smallest absolute Gasteiger partial charge is 0.261 e. The Bertz CT molecular complexity index is 882. The maximum atomic E-state index is 12.1. The molecule has 0 saturated heterocycles. The van der Waals surface area contributed by atoms with Gasteiger partial charge in [0.1, 0.15) is 22.7 Å². The van der Waals surface area contributed by atoms with Crippen LogP contribution in [0.15, 0.2) is 21.6 Å². The van der Waals surface area contributed by atoms with Crippen LogP contribution in [0.2, 0.25) is 5.02 Å². The van der Waals surface area contributed by atoms with Crippen molar-refractivity contribution in [2.75, 3.05) is 0 Å². The number of nitrogens with zero attached hydrogens (tertiary/aromatic N) is 2. The second-order valence-corrected chi connectivity index (χ2v) is 4.93. The van der Waals surface area contributed by atoms with Crippen LogP contribution in [0.3, 0.4) is 0 Å². The van der Waals surface area contributed by atoms with Gasteiger partial charge in [0.05, 0.1) is 5.52 Å². The molecule has 0 spiro atoms. The van der Waals surface area contributed by atoms with E-state index < -0.39 is 5.56 Å². The van der Waals surface area contributed by atoms with E-state index in [0.717, 1.165) is 5.56 Å². The Morgan fingerprint density at radius 2 is 2.05 bits per heavy atom. The molecule has 102 valence electrons. The second kappa shape index (κ2) is 4.35. The van der Waals surface area contributed by atoms with Gasteiger partial charge >= 0.3 is 0 Å². The molecule has 0 atom stereocenters. The molecule has 0 fully saturated rings. The summed E-state index contributed by atoms with van der Waals surface area (Å²) in [6.07, 6.45) is 0. The highest BCUT2D eigenvalue weighted by molar-refractivity contribution is 6.32. The Morgan fingerprint density at radius 1 is 1.30 bits per heavy atom. The summed E-state index contributed by atoms with van der Waals surface area (Å²) in [5.74, 6) is -0.165. The van der Waals surface area contributed by atoms with Crippen LogP contribution >= 0.6 is 11.6 Å². The molecule has 0 radical (unpaired) electrons. The van der Waals surface area contributed by atoms with Gasteiger partial charge in [-0.25, -0.2) is 4.63 Å². The number of aryl methyl sites for hydroxylation is 2. The largest absolute Gasteiger partial charge is 0.506 e. The summed E-state index contributed by atoms with van der Waals surface area (Å²) in [6, 6.07) is 3.31. The highest BCUT2D eigenvalue weighted by Gasteiger charge is 2.20. The number of pyridine rings is 1. The fourth-order valence-electron chi connectivity index (χ4n) is 2.09. The minimum atomic E-state index is -0.478. The van der Waals surface area contributed by atoms with E-state index in [4.69, 9.17) is 11.6 Å². The lowest BCUT2D eigenvalue weighted by Crippen LogP contribution is -2.10. The molecule has 0 aliphatic rings. The summed E-state index contributed by atoms with van der Waals surface area (Å²) in [4.78, 5) is 14.8. The first-order chi connectivity index (χ1) is 9.49. The Balaban J connectivity index is 2.43. The standard InChI is InChI=1S/C13H10ClN3O3/c1-5-3-7-9(4-8(5)14)15-13(19)10(12(7)18)11-6(2)16-20-17-11/h3-4H,1-2H3,(H2,15,18,19). The second-order valence-electron chi connectivity index (χ2n) is 4.52. The molecule has 0 aliphatic carbocycles. The molecule has 3 aromatic rings. The lowest BCUT2D eigenvalue weighted by atomic mass is 10.1. The molecule has 0 unspecified atom stereocenters. The van der Waals surface area contributed by atoms with Gasteiger partial charge in [-0.15, -0.1) is 0 Å². The third-order valence-corrected chi connectivity index (χ3v) is 3.56. The summed E-state index contributed by atoms with van der Waals surface area (Å²) in [7, 11) is 0. The lowest BCUT2D eigenvalue weighted by molar-refractivity contribution is 0.305. The highest BCUT2D eigenvalue weighted by atomic mass is 35.5. The summed E-state index contributed by atoms with van der Waals surface area (Å²) in [5, 5.41) is 18.7. The molecular weight excluding hydrogens is 282 g/mol. The van der Waals surface area contributed by atoms with Crippen LogP contribution in [0.1, 0.15) is 11.3 Å². The van der Waals surface area contributed by atoms with Gasteiger partial charge in [-0.05, 0) is 36.7 Å². The molecular formula is C13H10ClN3O3. The molecule has 6 nitrogen and oxygen atoms in total. The molecule has 2 heterocycles. The van der Waals surface area contributed by atoms with Crippen LogP contribution in [0.4, 0.5) is 0 Å². The first-order valence-electron chi connectivity index (χ1n) is 5.83. The van der Waals surface area contributed by atoms with Crippen molar-refractivity contribution in [1.82, 2.24) is 15.3 Å². The number of hydrogen-bond acceptors (Lipinski definition) is 5. The van der Waals surface area contributed by atoms with Gasteiger partial charge < -0.3 is 10.1 Å². The molecule has 7 heteroatoms. The molecule has 2 N–H and O–H groups in total. The Labute approximate surface area is 118 Å². The van der Waals surface area contributed by atoms with Gasteiger partial charge in [-0.2, -0.15) is 0 Å². The third-order valence-electron chi connectivity index (χ3n) is 3.16. The topological polar surface area (TPSA) is 92.0 Å². The van der Waals surface area contributed by atoms with Crippen LogP contribution in [-0.4, -0.2) is 20.4 Å². The highest BCUT2D eigenvalue weighted by Crippen LogP contribution is 2.34. The van der Waals surface area contributed by atoms with Crippen molar-refractivity contribution in [2.24, 2.45) is 0 Å². The Morgan fingerprint density at radius 3 is 2.70 bits per heavy atom. The van der Waals surface area contributed by atoms with Crippen molar-refractivity contribution < 1.29 is 9.74 Å². The van der Waals surface area contributed by atoms with E-state index in [-0.39, 0.29) is 17.0 Å². The van der Waals surface area contributed by atoms with Crippen LogP contribution in [-0.2, 0) is 0 Å². The van der Waals surface area contributed by atoms with Crippen LogP contribution in [0.5, 0.6) is 5.75 Å². The number of halogens is 1. The quantitative estimate of drug-likeness (QED) is 0.719. The van der Waals surface area contributed by atoms with E-state index in [2.05, 4.69) is 19.9 Å². The maximum Gasteiger partial charge on any atom is 0.261 e. The summed E-state index contributed by atoms with van der Waals surface area (Å²) in [5.41, 5.74) is 1.46. The summed E-state index contributed by atoms with van der Waals surface area (Å²) >= 11 is 6.02. The van der Waals surface area contributed by atoms with Crippen LogP contribution < -0.4 is 5.56 Å². The minimum Gasteiger partial charge on any atom is -0.506 e. The number of aromatic amines is 1. The van der Waals surface area contributed by atoms with Crippen molar-refractivity contribution in [3.05, 3.63) is 38.8 Å². The molecule has 0 amide bonds. The van der Waals surface area contributed by atoms with Crippen molar-refractivity contribution in [2.45, 2.75) is 13.8 Å². The van der Waals surface area contributed by atoms with Crippen molar-refractivity contribution in [3.63, 3.8) is 0 Å². The number of benzene rings is 1. The summed E-state index contributed by atoms with van der Waals surface area (Å²) in [6.45, 7) is 3.46. The first kappa shape index (κ1) is 12.7. The summed E-state index contributed by atoms with van der Waals surface area (Å²) < 4.78 is 4.58. The number of hydrogen-bond donors (Lipinski definition) is 2. The van der Waals surface area contributed by atoms with E-state index >= 15 is 0 Å². The fraction of sp³-hybridized carbons (Fsp3) is 0.154. The van der Waals surface area contributed by atoms with Gasteiger partial charge in [0, 0.05) is 10.4 Å². The zero-order chi connectivity index (χ0) is 14.4. The molecule has 20 heavy (non-hydrogen) atoms. The van der Waals surface area contributed by atoms with Crippen molar-refractivity contribution >= 4 is 22.5 Å². The average Bonchev–Trinajstić information content (AvgIpc) is 2.79. The van der Waals surface area contributed by atoms with E-state index in [9.17, 15) is 9.90 Å². The zero-order valence-corrected chi connectivity index (χ0v) is 11.4. The van der Waals surface area contributed by atoms with E-state index in [0.29, 0.717) is 21.6 Å². The normalized spacial score (nSPS) is 11.2. The lowest BCUT2D eigenvalue weighted by Gasteiger charge is -2.07. The Hall–Kier alpha value is -2.34. The van der Waals surface area contributed by atoms with Gasteiger partial charge in [0.15, 0.2) is 0 Å². The molecule has 0 bridgehead atoms. The predicted octanol–water partition coefficient (Wildman–Crippen LogP) is 2.55. The average molecular weight is 292 g/mol. The minimum absolute atomic E-state index is 0.0398. The number of rotatable bonds is 1. The molecule has 0 saturated carbocycles. The monoisotopic (exact) mass is 291 g/mol. The molecule has 1 aromatic carbocycles. The van der Waals surface area contributed by atoms with Crippen molar-refractivity contribution in [1.29, 1.82) is 0 Å². The van der Waals surface area contributed by atoms with Gasteiger partial charge in [0.2, 0.25) is 0 Å². The zero-order valence-electron chi connectivity index (χ0n) is 10.7. The van der Waals surface area contributed by atoms with Gasteiger partial charge in [-0.3, -0.25) is 4.79 Å². The number of aromatic nitrogens is 3. The Kier molecular flexibility index (Phi) is 2.76. The van der Waals surface area contributed by atoms with Crippen LogP contribution in [0.25, 0.3) is 22.2 Å². The van der Waals surface area contributed by atoms with Crippen LogP contribution in [0, 0.1) is 13.8 Å². The number of fused-ring (bicyclic) bond motifs is 1. The first-order valence-corrected chi connectivity index (χ1v) is 6.21. The molecule has 3 rings (SSSR count). The van der Waals surface area contributed by atoms with E-state index in [1.165, 1.54) is 0 Å². The number of aromatic hydroxyl groups is 1. The number of nitrogens with one attached hydrogen (secondary N) is 1. The molecule has 0 aliphatic heterocycles.